The summed E-state index contributed by atoms with van der Waals surface area (Å²) in [6.07, 6.45) is 5.90. The van der Waals surface area contributed by atoms with Crippen molar-refractivity contribution in [3.63, 3.8) is 0 Å². The van der Waals surface area contributed by atoms with Crippen LogP contribution in [-0.4, -0.2) is 9.55 Å². The van der Waals surface area contributed by atoms with Gasteiger partial charge in [-0.2, -0.15) is 0 Å². The highest BCUT2D eigenvalue weighted by Crippen LogP contribution is 2.36. The summed E-state index contributed by atoms with van der Waals surface area (Å²) >= 11 is 5.33. The van der Waals surface area contributed by atoms with Crippen LogP contribution in [0.25, 0.3) is 0 Å². The monoisotopic (exact) mass is 224 g/mol. The molecule has 1 saturated carbocycles. The molecule has 1 aliphatic carbocycles. The Bertz CT molecular complexity index is 391. The van der Waals surface area contributed by atoms with E-state index in [0.29, 0.717) is 6.04 Å². The van der Waals surface area contributed by atoms with Crippen molar-refractivity contribution in [1.82, 2.24) is 9.55 Å². The summed E-state index contributed by atoms with van der Waals surface area (Å²) in [5, 5.41) is 0. The van der Waals surface area contributed by atoms with E-state index < -0.39 is 0 Å². The molecule has 1 N–H and O–H groups in total. The molecule has 0 spiro atoms. The molecule has 0 aliphatic heterocycles. The Morgan fingerprint density at radius 3 is 2.60 bits per heavy atom. The normalized spacial score (nSPS) is 31.8. The zero-order valence-electron chi connectivity index (χ0n) is 9.79. The highest BCUT2D eigenvalue weighted by atomic mass is 32.1. The van der Waals surface area contributed by atoms with E-state index in [9.17, 15) is 0 Å². The number of aromatic amines is 1. The Kier molecular flexibility index (Phi) is 3.01. The second-order valence-electron chi connectivity index (χ2n) is 5.03. The fraction of sp³-hybridized carbons (Fsp3) is 0.750. The molecule has 84 valence electrons. The standard InChI is InChI=1S/C12H20N2S/c1-8-4-5-11(6-9(8)2)14-10(3)7-13-12(14)15/h7-9,11H,4-6H2,1-3H3,(H,13,15). The number of imidazole rings is 1. The first-order chi connectivity index (χ1) is 7.09. The number of aromatic nitrogens is 2. The van der Waals surface area contributed by atoms with E-state index in [4.69, 9.17) is 12.2 Å². The first-order valence-electron chi connectivity index (χ1n) is 5.86. The first kappa shape index (κ1) is 10.9. The maximum Gasteiger partial charge on any atom is 0.177 e. The van der Waals surface area contributed by atoms with E-state index in [0.717, 1.165) is 16.6 Å². The van der Waals surface area contributed by atoms with Gasteiger partial charge < -0.3 is 9.55 Å². The second kappa shape index (κ2) is 4.12. The predicted molar refractivity (Wildman–Crippen MR) is 65.6 cm³/mol. The van der Waals surface area contributed by atoms with Gasteiger partial charge in [0.25, 0.3) is 0 Å². The summed E-state index contributed by atoms with van der Waals surface area (Å²) < 4.78 is 3.19. The molecular weight excluding hydrogens is 204 g/mol. The summed E-state index contributed by atoms with van der Waals surface area (Å²) in [5.74, 6) is 1.69. The molecule has 0 saturated heterocycles. The van der Waals surface area contributed by atoms with Crippen LogP contribution < -0.4 is 0 Å². The lowest BCUT2D eigenvalue weighted by Gasteiger charge is -2.33. The third kappa shape index (κ3) is 2.03. The molecule has 0 bridgehead atoms. The maximum atomic E-state index is 5.33. The van der Waals surface area contributed by atoms with Crippen molar-refractivity contribution in [1.29, 1.82) is 0 Å². The lowest BCUT2D eigenvalue weighted by molar-refractivity contribution is 0.208. The molecule has 0 amide bonds. The number of hydrogen-bond acceptors (Lipinski definition) is 1. The Balaban J connectivity index is 2.22. The molecule has 0 aromatic carbocycles. The van der Waals surface area contributed by atoms with Gasteiger partial charge >= 0.3 is 0 Å². The minimum Gasteiger partial charge on any atom is -0.337 e. The molecule has 1 aliphatic rings. The Labute approximate surface area is 96.7 Å². The van der Waals surface area contributed by atoms with Crippen molar-refractivity contribution >= 4 is 12.2 Å². The number of rotatable bonds is 1. The molecule has 15 heavy (non-hydrogen) atoms. The van der Waals surface area contributed by atoms with Gasteiger partial charge in [0, 0.05) is 17.9 Å². The van der Waals surface area contributed by atoms with Crippen LogP contribution in [0.2, 0.25) is 0 Å². The summed E-state index contributed by atoms with van der Waals surface area (Å²) in [5.41, 5.74) is 1.27. The Morgan fingerprint density at radius 1 is 1.33 bits per heavy atom. The Hall–Kier alpha value is -0.570. The zero-order valence-corrected chi connectivity index (χ0v) is 10.6. The predicted octanol–water partition coefficient (Wildman–Crippen LogP) is 3.85. The lowest BCUT2D eigenvalue weighted by atomic mass is 9.79. The van der Waals surface area contributed by atoms with Gasteiger partial charge in [0.1, 0.15) is 0 Å². The third-order valence-corrected chi connectivity index (χ3v) is 4.25. The van der Waals surface area contributed by atoms with Crippen molar-refractivity contribution in [2.45, 2.75) is 46.1 Å². The number of hydrogen-bond donors (Lipinski definition) is 1. The SMILES string of the molecule is Cc1c[nH]c(=S)n1C1CCC(C)C(C)C1. The van der Waals surface area contributed by atoms with Crippen LogP contribution in [-0.2, 0) is 0 Å². The van der Waals surface area contributed by atoms with Crippen LogP contribution in [0.1, 0.15) is 44.8 Å². The molecular formula is C12H20N2S. The molecule has 1 heterocycles. The number of nitrogens with zero attached hydrogens (tertiary/aromatic N) is 1. The molecule has 1 aromatic heterocycles. The van der Waals surface area contributed by atoms with Crippen LogP contribution >= 0.6 is 12.2 Å². The van der Waals surface area contributed by atoms with Gasteiger partial charge in [0.05, 0.1) is 0 Å². The number of H-pyrrole nitrogens is 1. The molecule has 1 fully saturated rings. The molecule has 0 radical (unpaired) electrons. The minimum absolute atomic E-state index is 0.620. The van der Waals surface area contributed by atoms with Gasteiger partial charge in [0.15, 0.2) is 4.77 Å². The largest absolute Gasteiger partial charge is 0.337 e. The second-order valence-corrected chi connectivity index (χ2v) is 5.41. The van der Waals surface area contributed by atoms with Gasteiger partial charge in [-0.1, -0.05) is 13.8 Å². The maximum absolute atomic E-state index is 5.33. The molecule has 2 rings (SSSR count). The molecule has 2 nitrogen and oxygen atoms in total. The van der Waals surface area contributed by atoms with E-state index in [1.807, 2.05) is 6.20 Å². The summed E-state index contributed by atoms with van der Waals surface area (Å²) in [4.78, 5) is 3.14. The minimum atomic E-state index is 0.620. The highest BCUT2D eigenvalue weighted by Gasteiger charge is 2.26. The Morgan fingerprint density at radius 2 is 2.07 bits per heavy atom. The van der Waals surface area contributed by atoms with E-state index in [-0.39, 0.29) is 0 Å². The topological polar surface area (TPSA) is 20.7 Å². The lowest BCUT2D eigenvalue weighted by Crippen LogP contribution is -2.24. The van der Waals surface area contributed by atoms with Crippen molar-refractivity contribution < 1.29 is 0 Å². The van der Waals surface area contributed by atoms with Gasteiger partial charge in [-0.05, 0) is 50.2 Å². The molecule has 3 unspecified atom stereocenters. The van der Waals surface area contributed by atoms with Crippen molar-refractivity contribution in [3.05, 3.63) is 16.7 Å². The van der Waals surface area contributed by atoms with Crippen molar-refractivity contribution in [3.8, 4) is 0 Å². The van der Waals surface area contributed by atoms with Crippen LogP contribution in [0.5, 0.6) is 0 Å². The number of nitrogens with one attached hydrogen (secondary N) is 1. The van der Waals surface area contributed by atoms with Crippen LogP contribution in [0.3, 0.4) is 0 Å². The first-order valence-corrected chi connectivity index (χ1v) is 6.27. The quantitative estimate of drug-likeness (QED) is 0.719. The van der Waals surface area contributed by atoms with Crippen LogP contribution in [0.4, 0.5) is 0 Å². The van der Waals surface area contributed by atoms with Crippen molar-refractivity contribution in [2.24, 2.45) is 11.8 Å². The summed E-state index contributed by atoms with van der Waals surface area (Å²) in [6.45, 7) is 6.86. The average molecular weight is 224 g/mol. The summed E-state index contributed by atoms with van der Waals surface area (Å²) in [7, 11) is 0. The van der Waals surface area contributed by atoms with Crippen molar-refractivity contribution in [2.75, 3.05) is 0 Å². The molecule has 3 heteroatoms. The summed E-state index contributed by atoms with van der Waals surface area (Å²) in [6, 6.07) is 0.620. The fourth-order valence-electron chi connectivity index (χ4n) is 2.67. The number of aryl methyl sites for hydroxylation is 1. The van der Waals surface area contributed by atoms with E-state index in [1.54, 1.807) is 0 Å². The van der Waals surface area contributed by atoms with Gasteiger partial charge in [-0.3, -0.25) is 0 Å². The van der Waals surface area contributed by atoms with E-state index in [2.05, 4.69) is 30.3 Å². The van der Waals surface area contributed by atoms with Crippen LogP contribution in [0, 0.1) is 23.5 Å². The van der Waals surface area contributed by atoms with E-state index in [1.165, 1.54) is 25.0 Å². The van der Waals surface area contributed by atoms with Gasteiger partial charge in [-0.25, -0.2) is 0 Å². The third-order valence-electron chi connectivity index (χ3n) is 3.94. The average Bonchev–Trinajstić information content (AvgIpc) is 2.52. The fourth-order valence-corrected chi connectivity index (χ4v) is 3.02. The molecule has 3 atom stereocenters. The zero-order chi connectivity index (χ0) is 11.0. The van der Waals surface area contributed by atoms with Gasteiger partial charge in [-0.15, -0.1) is 0 Å². The molecule has 1 aromatic rings. The highest BCUT2D eigenvalue weighted by molar-refractivity contribution is 7.71. The smallest absolute Gasteiger partial charge is 0.177 e. The van der Waals surface area contributed by atoms with Gasteiger partial charge in [0.2, 0.25) is 0 Å². The van der Waals surface area contributed by atoms with Crippen LogP contribution in [0.15, 0.2) is 6.20 Å². The van der Waals surface area contributed by atoms with E-state index >= 15 is 0 Å².